The number of ether oxygens (including phenoxy) is 1. The van der Waals surface area contributed by atoms with E-state index in [1.807, 2.05) is 0 Å². The Labute approximate surface area is 141 Å². The van der Waals surface area contributed by atoms with Gasteiger partial charge in [0.25, 0.3) is 5.91 Å². The molecule has 116 valence electrons. The molecule has 1 aromatic carbocycles. The fraction of sp³-hybridized carbons (Fsp3) is 0.154. The second-order valence-corrected chi connectivity index (χ2v) is 5.41. The van der Waals surface area contributed by atoms with Gasteiger partial charge in [-0.15, -0.1) is 0 Å². The molecule has 2 aromatic rings. The standard InChI is InChI=1S/C13H11Cl3N4O2/c1-20-9(2-3-18-20)6-17-19-12(21)7-22-13-10(15)4-8(14)5-11(13)16/h2-6H,7H2,1H3,(H,19,21). The summed E-state index contributed by atoms with van der Waals surface area (Å²) in [5.74, 6) is -0.265. The minimum atomic E-state index is -0.458. The van der Waals surface area contributed by atoms with Crippen molar-refractivity contribution < 1.29 is 9.53 Å². The van der Waals surface area contributed by atoms with Crippen LogP contribution < -0.4 is 10.2 Å². The molecule has 1 N–H and O–H groups in total. The first-order chi connectivity index (χ1) is 10.5. The molecule has 22 heavy (non-hydrogen) atoms. The van der Waals surface area contributed by atoms with Crippen molar-refractivity contribution in [1.29, 1.82) is 0 Å². The van der Waals surface area contributed by atoms with Crippen molar-refractivity contribution in [3.8, 4) is 5.75 Å². The molecule has 0 aliphatic carbocycles. The summed E-state index contributed by atoms with van der Waals surface area (Å²) in [6.07, 6.45) is 3.09. The first kappa shape index (κ1) is 16.6. The van der Waals surface area contributed by atoms with Gasteiger partial charge in [-0.2, -0.15) is 10.2 Å². The number of halogens is 3. The van der Waals surface area contributed by atoms with Crippen LogP contribution in [0.3, 0.4) is 0 Å². The van der Waals surface area contributed by atoms with Crippen molar-refractivity contribution >= 4 is 46.9 Å². The molecule has 0 unspecified atom stereocenters. The average Bonchev–Trinajstić information content (AvgIpc) is 2.83. The SMILES string of the molecule is Cn1nccc1C=NNC(=O)COc1c(Cl)cc(Cl)cc1Cl. The van der Waals surface area contributed by atoms with Crippen LogP contribution in [-0.2, 0) is 11.8 Å². The second kappa shape index (κ2) is 7.49. The molecule has 9 heteroatoms. The number of hydrazone groups is 1. The van der Waals surface area contributed by atoms with Gasteiger partial charge in [-0.05, 0) is 18.2 Å². The zero-order valence-electron chi connectivity index (χ0n) is 11.4. The Hall–Kier alpha value is -1.76. The Morgan fingerprint density at radius 2 is 2.09 bits per heavy atom. The predicted molar refractivity (Wildman–Crippen MR) is 85.9 cm³/mol. The van der Waals surface area contributed by atoms with Crippen molar-refractivity contribution in [2.24, 2.45) is 12.1 Å². The third-order valence-electron chi connectivity index (χ3n) is 2.56. The van der Waals surface area contributed by atoms with Gasteiger partial charge in [0.15, 0.2) is 12.4 Å². The Kier molecular flexibility index (Phi) is 5.65. The van der Waals surface area contributed by atoms with Gasteiger partial charge in [-0.1, -0.05) is 34.8 Å². The minimum Gasteiger partial charge on any atom is -0.481 e. The molecule has 1 heterocycles. The molecule has 6 nitrogen and oxygen atoms in total. The Morgan fingerprint density at radius 1 is 1.41 bits per heavy atom. The van der Waals surface area contributed by atoms with E-state index in [1.54, 1.807) is 24.0 Å². The molecule has 0 fully saturated rings. The molecule has 1 aromatic heterocycles. The van der Waals surface area contributed by atoms with E-state index < -0.39 is 5.91 Å². The monoisotopic (exact) mass is 360 g/mol. The van der Waals surface area contributed by atoms with Gasteiger partial charge in [0.2, 0.25) is 0 Å². The highest BCUT2D eigenvalue weighted by Gasteiger charge is 2.11. The van der Waals surface area contributed by atoms with Crippen molar-refractivity contribution in [3.63, 3.8) is 0 Å². The van der Waals surface area contributed by atoms with Crippen LogP contribution in [-0.4, -0.2) is 28.5 Å². The minimum absolute atomic E-state index is 0.193. The quantitative estimate of drug-likeness (QED) is 0.657. The zero-order chi connectivity index (χ0) is 16.1. The zero-order valence-corrected chi connectivity index (χ0v) is 13.7. The average molecular weight is 362 g/mol. The molecule has 0 bridgehead atoms. The highest BCUT2D eigenvalue weighted by atomic mass is 35.5. The van der Waals surface area contributed by atoms with E-state index in [4.69, 9.17) is 39.5 Å². The topological polar surface area (TPSA) is 68.5 Å². The van der Waals surface area contributed by atoms with Gasteiger partial charge in [0, 0.05) is 18.3 Å². The first-order valence-corrected chi connectivity index (χ1v) is 7.18. The fourth-order valence-electron chi connectivity index (χ4n) is 1.52. The maximum absolute atomic E-state index is 11.6. The normalized spacial score (nSPS) is 10.9. The lowest BCUT2D eigenvalue weighted by molar-refractivity contribution is -0.123. The molecule has 0 atom stereocenters. The molecule has 2 rings (SSSR count). The molecule has 0 aliphatic heterocycles. The summed E-state index contributed by atoms with van der Waals surface area (Å²) in [5, 5.41) is 8.59. The number of carbonyl (C=O) groups is 1. The predicted octanol–water partition coefficient (Wildman–Crippen LogP) is 2.91. The van der Waals surface area contributed by atoms with Crippen molar-refractivity contribution in [1.82, 2.24) is 15.2 Å². The van der Waals surface area contributed by atoms with Crippen LogP contribution in [0.4, 0.5) is 0 Å². The number of nitrogens with zero attached hydrogens (tertiary/aromatic N) is 3. The van der Waals surface area contributed by atoms with E-state index in [0.29, 0.717) is 5.02 Å². The highest BCUT2D eigenvalue weighted by Crippen LogP contribution is 2.35. The summed E-state index contributed by atoms with van der Waals surface area (Å²) >= 11 is 17.7. The molecule has 0 saturated carbocycles. The second-order valence-electron chi connectivity index (χ2n) is 4.16. The van der Waals surface area contributed by atoms with Gasteiger partial charge >= 0.3 is 0 Å². The van der Waals surface area contributed by atoms with Crippen molar-refractivity contribution in [3.05, 3.63) is 45.2 Å². The summed E-state index contributed by atoms with van der Waals surface area (Å²) in [5.41, 5.74) is 3.06. The number of aromatic nitrogens is 2. The van der Waals surface area contributed by atoms with Gasteiger partial charge in [0.05, 0.1) is 22.0 Å². The summed E-state index contributed by atoms with van der Waals surface area (Å²) in [7, 11) is 1.76. The number of hydrogen-bond acceptors (Lipinski definition) is 4. The molecule has 0 spiro atoms. The fourth-order valence-corrected chi connectivity index (χ4v) is 2.44. The Morgan fingerprint density at radius 3 is 2.68 bits per heavy atom. The maximum Gasteiger partial charge on any atom is 0.277 e. The van der Waals surface area contributed by atoms with E-state index >= 15 is 0 Å². The van der Waals surface area contributed by atoms with Crippen LogP contribution in [0.1, 0.15) is 5.69 Å². The highest BCUT2D eigenvalue weighted by molar-refractivity contribution is 6.40. The smallest absolute Gasteiger partial charge is 0.277 e. The molecular formula is C13H11Cl3N4O2. The van der Waals surface area contributed by atoms with E-state index in [-0.39, 0.29) is 22.4 Å². The van der Waals surface area contributed by atoms with Crippen LogP contribution in [0.15, 0.2) is 29.5 Å². The largest absolute Gasteiger partial charge is 0.481 e. The molecule has 0 aliphatic rings. The van der Waals surface area contributed by atoms with E-state index in [9.17, 15) is 4.79 Å². The van der Waals surface area contributed by atoms with Gasteiger partial charge in [0.1, 0.15) is 0 Å². The summed E-state index contributed by atoms with van der Waals surface area (Å²) in [6, 6.07) is 4.70. The number of benzene rings is 1. The van der Waals surface area contributed by atoms with Crippen LogP contribution in [0.2, 0.25) is 15.1 Å². The van der Waals surface area contributed by atoms with Gasteiger partial charge < -0.3 is 4.74 Å². The number of hydrogen-bond donors (Lipinski definition) is 1. The lowest BCUT2D eigenvalue weighted by Gasteiger charge is -2.09. The lowest BCUT2D eigenvalue weighted by Crippen LogP contribution is -2.24. The van der Waals surface area contributed by atoms with E-state index in [1.165, 1.54) is 18.3 Å². The summed E-state index contributed by atoms with van der Waals surface area (Å²) in [6.45, 7) is -0.288. The molecule has 0 radical (unpaired) electrons. The van der Waals surface area contributed by atoms with Crippen molar-refractivity contribution in [2.75, 3.05) is 6.61 Å². The van der Waals surface area contributed by atoms with E-state index in [2.05, 4.69) is 15.6 Å². The number of aryl methyl sites for hydroxylation is 1. The lowest BCUT2D eigenvalue weighted by atomic mass is 10.3. The van der Waals surface area contributed by atoms with Crippen LogP contribution >= 0.6 is 34.8 Å². The third kappa shape index (κ3) is 4.37. The number of nitrogens with one attached hydrogen (secondary N) is 1. The Bertz CT molecular complexity index is 692. The van der Waals surface area contributed by atoms with Gasteiger partial charge in [-0.3, -0.25) is 9.48 Å². The molecule has 0 saturated heterocycles. The van der Waals surface area contributed by atoms with E-state index in [0.717, 1.165) is 5.69 Å². The third-order valence-corrected chi connectivity index (χ3v) is 3.34. The first-order valence-electron chi connectivity index (χ1n) is 6.04. The van der Waals surface area contributed by atoms with Gasteiger partial charge in [-0.25, -0.2) is 5.43 Å². The Balaban J connectivity index is 1.88. The summed E-state index contributed by atoms with van der Waals surface area (Å²) < 4.78 is 6.88. The molecule has 1 amide bonds. The van der Waals surface area contributed by atoms with Crippen molar-refractivity contribution in [2.45, 2.75) is 0 Å². The number of rotatable bonds is 5. The maximum atomic E-state index is 11.6. The summed E-state index contributed by atoms with van der Waals surface area (Å²) in [4.78, 5) is 11.6. The molecular weight excluding hydrogens is 351 g/mol. The number of carbonyl (C=O) groups excluding carboxylic acids is 1. The number of amides is 1. The van der Waals surface area contributed by atoms with Crippen LogP contribution in [0, 0.1) is 0 Å². The van der Waals surface area contributed by atoms with Crippen LogP contribution in [0.5, 0.6) is 5.75 Å². The van der Waals surface area contributed by atoms with Crippen LogP contribution in [0.25, 0.3) is 0 Å².